The molecular weight excluding hydrogens is 324 g/mol. The molecule has 0 amide bonds. The number of methoxy groups -OCH3 is 1. The van der Waals surface area contributed by atoms with Gasteiger partial charge in [-0.05, 0) is 26.2 Å². The molecule has 0 bridgehead atoms. The Hall–Kier alpha value is -0.240. The zero-order chi connectivity index (χ0) is 17.5. The van der Waals surface area contributed by atoms with Crippen molar-refractivity contribution in [3.8, 4) is 0 Å². The molecule has 4 atom stereocenters. The fourth-order valence-electron chi connectivity index (χ4n) is 4.14. The van der Waals surface area contributed by atoms with Crippen molar-refractivity contribution >= 4 is 0 Å². The first kappa shape index (κ1) is 19.5. The predicted molar refractivity (Wildman–Crippen MR) is 92.6 cm³/mol. The fraction of sp³-hybridized carbons (Fsp3) is 1.00. The van der Waals surface area contributed by atoms with Crippen LogP contribution in [0.5, 0.6) is 0 Å². The van der Waals surface area contributed by atoms with E-state index in [2.05, 4.69) is 6.92 Å². The molecule has 3 fully saturated rings. The molecule has 0 aromatic carbocycles. The highest BCUT2D eigenvalue weighted by molar-refractivity contribution is 4.94. The molecule has 146 valence electrons. The summed E-state index contributed by atoms with van der Waals surface area (Å²) in [6, 6.07) is 0. The van der Waals surface area contributed by atoms with Gasteiger partial charge >= 0.3 is 0 Å². The van der Waals surface area contributed by atoms with Crippen LogP contribution in [0.15, 0.2) is 0 Å². The molecule has 2 heterocycles. The zero-order valence-corrected chi connectivity index (χ0v) is 15.7. The van der Waals surface area contributed by atoms with Crippen molar-refractivity contribution in [1.29, 1.82) is 0 Å². The van der Waals surface area contributed by atoms with Crippen molar-refractivity contribution in [2.24, 2.45) is 0 Å². The lowest BCUT2D eigenvalue weighted by atomic mass is 9.94. The van der Waals surface area contributed by atoms with Crippen LogP contribution < -0.4 is 0 Å². The van der Waals surface area contributed by atoms with E-state index in [4.69, 9.17) is 28.4 Å². The third-order valence-corrected chi connectivity index (χ3v) is 5.43. The summed E-state index contributed by atoms with van der Waals surface area (Å²) < 4.78 is 35.1. The molecule has 1 saturated carbocycles. The van der Waals surface area contributed by atoms with Crippen molar-refractivity contribution in [3.05, 3.63) is 0 Å². The first-order valence-corrected chi connectivity index (χ1v) is 9.88. The second-order valence-corrected chi connectivity index (χ2v) is 7.43. The first-order chi connectivity index (χ1) is 12.2. The van der Waals surface area contributed by atoms with Gasteiger partial charge in [0.1, 0.15) is 6.10 Å². The van der Waals surface area contributed by atoms with Crippen molar-refractivity contribution in [3.63, 3.8) is 0 Å². The minimum atomic E-state index is -0.335. The van der Waals surface area contributed by atoms with Gasteiger partial charge in [0.25, 0.3) is 0 Å². The largest absolute Gasteiger partial charge is 0.382 e. The summed E-state index contributed by atoms with van der Waals surface area (Å²) in [7, 11) is 1.67. The number of hydrogen-bond acceptors (Lipinski definition) is 6. The Balaban J connectivity index is 1.41. The van der Waals surface area contributed by atoms with Crippen LogP contribution in [0.4, 0.5) is 0 Å². The topological polar surface area (TPSA) is 55.4 Å². The SMILES string of the molecule is COCCOCCOC(C)CC1OCCC2OC3(CCCCC3)OC12. The number of hydrogen-bond donors (Lipinski definition) is 0. The summed E-state index contributed by atoms with van der Waals surface area (Å²) in [6.45, 7) is 5.25. The van der Waals surface area contributed by atoms with Gasteiger partial charge in [0.05, 0.1) is 44.7 Å². The van der Waals surface area contributed by atoms with E-state index < -0.39 is 0 Å². The van der Waals surface area contributed by atoms with Crippen LogP contribution in [0.1, 0.15) is 51.9 Å². The van der Waals surface area contributed by atoms with Gasteiger partial charge in [-0.1, -0.05) is 6.42 Å². The summed E-state index contributed by atoms with van der Waals surface area (Å²) in [6.07, 6.45) is 7.92. The average molecular weight is 358 g/mol. The molecule has 0 aromatic heterocycles. The normalized spacial score (nSPS) is 32.6. The van der Waals surface area contributed by atoms with Crippen molar-refractivity contribution in [1.82, 2.24) is 0 Å². The van der Waals surface area contributed by atoms with Crippen molar-refractivity contribution in [2.75, 3.05) is 40.1 Å². The van der Waals surface area contributed by atoms with Crippen LogP contribution in [0.3, 0.4) is 0 Å². The lowest BCUT2D eigenvalue weighted by Crippen LogP contribution is -2.44. The summed E-state index contributed by atoms with van der Waals surface area (Å²) in [4.78, 5) is 0. The number of fused-ring (bicyclic) bond motifs is 1. The smallest absolute Gasteiger partial charge is 0.169 e. The zero-order valence-electron chi connectivity index (χ0n) is 15.7. The van der Waals surface area contributed by atoms with Gasteiger partial charge in [-0.2, -0.15) is 0 Å². The van der Waals surface area contributed by atoms with E-state index in [1.165, 1.54) is 19.3 Å². The molecule has 0 N–H and O–H groups in total. The summed E-state index contributed by atoms with van der Waals surface area (Å²) in [5, 5.41) is 0. The third kappa shape index (κ3) is 5.37. The molecule has 1 spiro atoms. The van der Waals surface area contributed by atoms with Gasteiger partial charge in [0, 0.05) is 33.0 Å². The van der Waals surface area contributed by atoms with Crippen LogP contribution in [0, 0.1) is 0 Å². The van der Waals surface area contributed by atoms with Crippen LogP contribution in [-0.4, -0.2) is 70.3 Å². The monoisotopic (exact) mass is 358 g/mol. The molecule has 25 heavy (non-hydrogen) atoms. The Morgan fingerprint density at radius 3 is 2.64 bits per heavy atom. The van der Waals surface area contributed by atoms with Crippen molar-refractivity contribution < 1.29 is 28.4 Å². The lowest BCUT2D eigenvalue weighted by Gasteiger charge is -2.34. The van der Waals surface area contributed by atoms with Crippen LogP contribution in [0.2, 0.25) is 0 Å². The minimum absolute atomic E-state index is 0.0517. The quantitative estimate of drug-likeness (QED) is 0.591. The van der Waals surface area contributed by atoms with E-state index in [0.29, 0.717) is 26.4 Å². The maximum absolute atomic E-state index is 6.44. The van der Waals surface area contributed by atoms with Crippen molar-refractivity contribution in [2.45, 2.75) is 82.1 Å². The highest BCUT2D eigenvalue weighted by atomic mass is 16.8. The maximum atomic E-state index is 6.44. The number of ether oxygens (including phenoxy) is 6. The van der Waals surface area contributed by atoms with E-state index in [-0.39, 0.29) is 30.2 Å². The highest BCUT2D eigenvalue weighted by Gasteiger charge is 2.52. The Bertz CT molecular complexity index is 384. The van der Waals surface area contributed by atoms with Gasteiger partial charge in [0.2, 0.25) is 0 Å². The summed E-state index contributed by atoms with van der Waals surface area (Å²) in [5.41, 5.74) is 0. The predicted octanol–water partition coefficient (Wildman–Crippen LogP) is 2.68. The second-order valence-electron chi connectivity index (χ2n) is 7.43. The highest BCUT2D eigenvalue weighted by Crippen LogP contribution is 2.44. The van der Waals surface area contributed by atoms with Gasteiger partial charge in [-0.25, -0.2) is 0 Å². The average Bonchev–Trinajstić information content (AvgIpc) is 2.97. The molecule has 2 saturated heterocycles. The lowest BCUT2D eigenvalue weighted by molar-refractivity contribution is -0.199. The molecule has 6 nitrogen and oxygen atoms in total. The molecule has 0 radical (unpaired) electrons. The molecule has 0 aromatic rings. The first-order valence-electron chi connectivity index (χ1n) is 9.88. The maximum Gasteiger partial charge on any atom is 0.169 e. The minimum Gasteiger partial charge on any atom is -0.382 e. The van der Waals surface area contributed by atoms with E-state index in [9.17, 15) is 0 Å². The summed E-state index contributed by atoms with van der Waals surface area (Å²) >= 11 is 0. The molecular formula is C19H34O6. The number of rotatable bonds is 9. The standard InChI is InChI=1S/C19H34O6/c1-15(22-13-12-21-11-10-20-2)14-17-18-16(6-9-23-17)24-19(25-18)7-4-3-5-8-19/h15-18H,3-14H2,1-2H3. The molecule has 1 aliphatic carbocycles. The summed E-state index contributed by atoms with van der Waals surface area (Å²) in [5.74, 6) is -0.335. The van der Waals surface area contributed by atoms with Gasteiger partial charge in [-0.15, -0.1) is 0 Å². The van der Waals surface area contributed by atoms with Crippen LogP contribution in [-0.2, 0) is 28.4 Å². The van der Waals surface area contributed by atoms with E-state index in [0.717, 1.165) is 32.3 Å². The van der Waals surface area contributed by atoms with Gasteiger partial charge in [-0.3, -0.25) is 0 Å². The van der Waals surface area contributed by atoms with E-state index >= 15 is 0 Å². The van der Waals surface area contributed by atoms with E-state index in [1.54, 1.807) is 7.11 Å². The Morgan fingerprint density at radius 2 is 1.84 bits per heavy atom. The van der Waals surface area contributed by atoms with Gasteiger partial charge in [0.15, 0.2) is 5.79 Å². The third-order valence-electron chi connectivity index (χ3n) is 5.43. The Kier molecular flexibility index (Phi) is 7.51. The molecule has 2 aliphatic heterocycles. The second kappa shape index (κ2) is 9.62. The van der Waals surface area contributed by atoms with Gasteiger partial charge < -0.3 is 28.4 Å². The molecule has 3 rings (SSSR count). The molecule has 4 unspecified atom stereocenters. The van der Waals surface area contributed by atoms with Crippen LogP contribution >= 0.6 is 0 Å². The Morgan fingerprint density at radius 1 is 1.04 bits per heavy atom. The van der Waals surface area contributed by atoms with Crippen LogP contribution in [0.25, 0.3) is 0 Å². The van der Waals surface area contributed by atoms with E-state index in [1.807, 2.05) is 0 Å². The Labute approximate surface area is 151 Å². The fourth-order valence-corrected chi connectivity index (χ4v) is 4.14. The molecule has 6 heteroatoms. The molecule has 3 aliphatic rings.